The van der Waals surface area contributed by atoms with Gasteiger partial charge < -0.3 is 8.92 Å². The van der Waals surface area contributed by atoms with Crippen molar-refractivity contribution in [1.82, 2.24) is 0 Å². The van der Waals surface area contributed by atoms with Gasteiger partial charge in [-0.2, -0.15) is 8.42 Å². The molecule has 5 nitrogen and oxygen atoms in total. The van der Waals surface area contributed by atoms with Gasteiger partial charge in [0.25, 0.3) is 0 Å². The maximum atomic E-state index is 12.3. The van der Waals surface area contributed by atoms with Gasteiger partial charge in [0.05, 0.1) is 16.6 Å². The largest absolute Gasteiger partial charge is 0.462 e. The molecule has 0 atom stereocenters. The van der Waals surface area contributed by atoms with Gasteiger partial charge in [-0.05, 0) is 71.7 Å². The van der Waals surface area contributed by atoms with Crippen LogP contribution in [0.3, 0.4) is 0 Å². The Morgan fingerprint density at radius 3 is 2.35 bits per heavy atom. The summed E-state index contributed by atoms with van der Waals surface area (Å²) in [6.07, 6.45) is 0. The molecule has 23 heavy (non-hydrogen) atoms. The summed E-state index contributed by atoms with van der Waals surface area (Å²) < 4.78 is 35.1. The molecule has 0 aliphatic rings. The van der Waals surface area contributed by atoms with E-state index in [0.717, 1.165) is 5.56 Å². The fourth-order valence-corrected chi connectivity index (χ4v) is 3.44. The van der Waals surface area contributed by atoms with Gasteiger partial charge in [0.15, 0.2) is 5.75 Å². The van der Waals surface area contributed by atoms with Crippen LogP contribution in [0.2, 0.25) is 0 Å². The molecule has 2 aromatic carbocycles. The van der Waals surface area contributed by atoms with E-state index in [-0.39, 0.29) is 22.8 Å². The maximum absolute atomic E-state index is 12.3. The third-order valence-corrected chi connectivity index (χ3v) is 4.81. The molecule has 0 unspecified atom stereocenters. The molecular formula is C16H15BrO5S. The lowest BCUT2D eigenvalue weighted by Crippen LogP contribution is -2.11. The molecule has 2 rings (SSSR count). The van der Waals surface area contributed by atoms with Crippen LogP contribution in [0, 0.1) is 6.92 Å². The number of hydrogen-bond acceptors (Lipinski definition) is 5. The first-order valence-corrected chi connectivity index (χ1v) is 9.01. The molecule has 0 saturated heterocycles. The zero-order valence-electron chi connectivity index (χ0n) is 12.6. The van der Waals surface area contributed by atoms with Crippen molar-refractivity contribution in [2.24, 2.45) is 0 Å². The Morgan fingerprint density at radius 1 is 1.13 bits per heavy atom. The summed E-state index contributed by atoms with van der Waals surface area (Å²) in [5.74, 6) is -0.302. The number of ether oxygens (including phenoxy) is 1. The van der Waals surface area contributed by atoms with Crippen molar-refractivity contribution in [2.45, 2.75) is 18.7 Å². The van der Waals surface area contributed by atoms with Crippen LogP contribution in [0.15, 0.2) is 51.8 Å². The van der Waals surface area contributed by atoms with Crippen LogP contribution in [0.1, 0.15) is 22.8 Å². The van der Waals surface area contributed by atoms with Crippen molar-refractivity contribution < 1.29 is 22.1 Å². The summed E-state index contributed by atoms with van der Waals surface area (Å²) >= 11 is 3.27. The normalized spacial score (nSPS) is 11.1. The molecule has 2 aromatic rings. The smallest absolute Gasteiger partial charge is 0.339 e. The summed E-state index contributed by atoms with van der Waals surface area (Å²) in [5.41, 5.74) is 1.25. The van der Waals surface area contributed by atoms with Gasteiger partial charge >= 0.3 is 16.1 Å². The van der Waals surface area contributed by atoms with Crippen LogP contribution in [0.4, 0.5) is 0 Å². The van der Waals surface area contributed by atoms with Crippen molar-refractivity contribution in [3.8, 4) is 5.75 Å². The van der Waals surface area contributed by atoms with E-state index in [9.17, 15) is 13.2 Å². The Kier molecular flexibility index (Phi) is 5.43. The Labute approximate surface area is 143 Å². The monoisotopic (exact) mass is 398 g/mol. The minimum Gasteiger partial charge on any atom is -0.462 e. The Morgan fingerprint density at radius 2 is 1.78 bits per heavy atom. The standard InChI is InChI=1S/C16H15BrO5S/c1-3-21-16(18)12-5-7-13(8-6-12)23(19,20)22-15-9-4-11(2)10-14(15)17/h4-10H,3H2,1-2H3. The van der Waals surface area contributed by atoms with Crippen molar-refractivity contribution in [2.75, 3.05) is 6.61 Å². The van der Waals surface area contributed by atoms with Crippen molar-refractivity contribution in [3.63, 3.8) is 0 Å². The molecule has 0 N–H and O–H groups in total. The lowest BCUT2D eigenvalue weighted by Gasteiger charge is -2.09. The molecule has 122 valence electrons. The zero-order valence-corrected chi connectivity index (χ0v) is 15.0. The molecule has 0 bridgehead atoms. The minimum absolute atomic E-state index is 0.0435. The molecule has 7 heteroatoms. The fourth-order valence-electron chi connectivity index (χ4n) is 1.81. The summed E-state index contributed by atoms with van der Waals surface area (Å²) in [7, 11) is -3.99. The third kappa shape index (κ3) is 4.33. The van der Waals surface area contributed by atoms with Gasteiger partial charge in [0.2, 0.25) is 0 Å². The third-order valence-electron chi connectivity index (χ3n) is 2.94. The number of aryl methyl sites for hydroxylation is 1. The number of rotatable bonds is 5. The van der Waals surface area contributed by atoms with E-state index in [1.165, 1.54) is 24.3 Å². The Bertz CT molecular complexity index is 813. The highest BCUT2D eigenvalue weighted by atomic mass is 79.9. The summed E-state index contributed by atoms with van der Waals surface area (Å²) in [4.78, 5) is 11.5. The molecule has 0 saturated carbocycles. The first-order valence-electron chi connectivity index (χ1n) is 6.81. The lowest BCUT2D eigenvalue weighted by atomic mass is 10.2. The van der Waals surface area contributed by atoms with Gasteiger partial charge in [0.1, 0.15) is 4.90 Å². The summed E-state index contributed by atoms with van der Waals surface area (Å²) in [6.45, 7) is 3.84. The predicted molar refractivity (Wildman–Crippen MR) is 89.1 cm³/mol. The lowest BCUT2D eigenvalue weighted by molar-refractivity contribution is 0.0526. The fraction of sp³-hybridized carbons (Fsp3) is 0.188. The molecule has 0 heterocycles. The molecular weight excluding hydrogens is 384 g/mol. The summed E-state index contributed by atoms with van der Waals surface area (Å²) in [6, 6.07) is 10.5. The molecule has 0 fully saturated rings. The number of benzene rings is 2. The Hall–Kier alpha value is -1.86. The average molecular weight is 399 g/mol. The second-order valence-electron chi connectivity index (χ2n) is 4.72. The van der Waals surface area contributed by atoms with Crippen LogP contribution >= 0.6 is 15.9 Å². The Balaban J connectivity index is 2.24. The zero-order chi connectivity index (χ0) is 17.0. The quantitative estimate of drug-likeness (QED) is 0.567. The number of halogens is 1. The first-order chi connectivity index (χ1) is 10.8. The van der Waals surface area contributed by atoms with Crippen LogP contribution in [-0.4, -0.2) is 21.0 Å². The minimum atomic E-state index is -3.99. The van der Waals surface area contributed by atoms with E-state index < -0.39 is 16.1 Å². The van der Waals surface area contributed by atoms with Crippen molar-refractivity contribution in [3.05, 3.63) is 58.1 Å². The van der Waals surface area contributed by atoms with Gasteiger partial charge in [-0.25, -0.2) is 4.79 Å². The van der Waals surface area contributed by atoms with Crippen molar-refractivity contribution in [1.29, 1.82) is 0 Å². The number of carbonyl (C=O) groups excluding carboxylic acids is 1. The predicted octanol–water partition coefficient (Wildman–Crippen LogP) is 3.70. The van der Waals surface area contributed by atoms with Crippen LogP contribution in [0.25, 0.3) is 0 Å². The highest BCUT2D eigenvalue weighted by Gasteiger charge is 2.19. The van der Waals surface area contributed by atoms with E-state index in [1.807, 2.05) is 6.92 Å². The first kappa shape index (κ1) is 17.5. The van der Waals surface area contributed by atoms with E-state index in [2.05, 4.69) is 15.9 Å². The van der Waals surface area contributed by atoms with Crippen LogP contribution in [-0.2, 0) is 14.9 Å². The molecule has 0 aliphatic carbocycles. The van der Waals surface area contributed by atoms with Gasteiger partial charge in [0, 0.05) is 0 Å². The SMILES string of the molecule is CCOC(=O)c1ccc(S(=O)(=O)Oc2ccc(C)cc2Br)cc1. The van der Waals surface area contributed by atoms with E-state index in [0.29, 0.717) is 4.47 Å². The number of esters is 1. The van der Waals surface area contributed by atoms with Crippen molar-refractivity contribution >= 4 is 32.0 Å². The van der Waals surface area contributed by atoms with Gasteiger partial charge in [-0.3, -0.25) is 0 Å². The molecule has 0 aliphatic heterocycles. The second-order valence-corrected chi connectivity index (χ2v) is 7.12. The molecule has 0 amide bonds. The highest BCUT2D eigenvalue weighted by Crippen LogP contribution is 2.28. The number of carbonyl (C=O) groups is 1. The number of hydrogen-bond donors (Lipinski definition) is 0. The molecule has 0 aromatic heterocycles. The van der Waals surface area contributed by atoms with E-state index in [1.54, 1.807) is 25.1 Å². The van der Waals surface area contributed by atoms with E-state index in [4.69, 9.17) is 8.92 Å². The van der Waals surface area contributed by atoms with E-state index >= 15 is 0 Å². The average Bonchev–Trinajstić information content (AvgIpc) is 2.50. The topological polar surface area (TPSA) is 69.7 Å². The molecule has 0 spiro atoms. The van der Waals surface area contributed by atoms with Crippen LogP contribution < -0.4 is 4.18 Å². The maximum Gasteiger partial charge on any atom is 0.339 e. The second kappa shape index (κ2) is 7.14. The molecule has 0 radical (unpaired) electrons. The van der Waals surface area contributed by atoms with Crippen LogP contribution in [0.5, 0.6) is 5.75 Å². The van der Waals surface area contributed by atoms with Gasteiger partial charge in [-0.1, -0.05) is 6.07 Å². The summed E-state index contributed by atoms with van der Waals surface area (Å²) in [5, 5.41) is 0. The van der Waals surface area contributed by atoms with Gasteiger partial charge in [-0.15, -0.1) is 0 Å². The highest BCUT2D eigenvalue weighted by molar-refractivity contribution is 9.10.